The Morgan fingerprint density at radius 1 is 1.28 bits per heavy atom. The number of hydrogen-bond acceptors (Lipinski definition) is 6. The molecule has 3 N–H and O–H groups in total. The Hall–Kier alpha value is -3.40. The first-order chi connectivity index (χ1) is 15.3. The second kappa shape index (κ2) is 8.99. The van der Waals surface area contributed by atoms with Crippen molar-refractivity contribution < 1.29 is 14.0 Å². The minimum absolute atomic E-state index is 0.0146. The van der Waals surface area contributed by atoms with Crippen LogP contribution in [-0.4, -0.2) is 44.4 Å². The largest absolute Gasteiger partial charge is 0.368 e. The van der Waals surface area contributed by atoms with Crippen molar-refractivity contribution in [2.45, 2.75) is 32.7 Å². The molecular formula is C22H23FN6O2S. The predicted octanol–water partition coefficient (Wildman–Crippen LogP) is 3.37. The molecular weight excluding hydrogens is 431 g/mol. The van der Waals surface area contributed by atoms with Crippen LogP contribution >= 0.6 is 11.3 Å². The summed E-state index contributed by atoms with van der Waals surface area (Å²) < 4.78 is 14.0. The minimum atomic E-state index is -0.627. The molecule has 3 aromatic rings. The maximum Gasteiger partial charge on any atom is 0.324 e. The average Bonchev–Trinajstić information content (AvgIpc) is 3.32. The van der Waals surface area contributed by atoms with Gasteiger partial charge in [0.2, 0.25) is 5.91 Å². The Balaban J connectivity index is 1.52. The number of benzene rings is 1. The van der Waals surface area contributed by atoms with E-state index in [4.69, 9.17) is 5.73 Å². The van der Waals surface area contributed by atoms with Crippen LogP contribution in [0.25, 0.3) is 10.6 Å². The van der Waals surface area contributed by atoms with E-state index in [-0.39, 0.29) is 18.2 Å². The highest BCUT2D eigenvalue weighted by atomic mass is 32.1. The molecule has 4 rings (SSSR count). The molecule has 166 valence electrons. The summed E-state index contributed by atoms with van der Waals surface area (Å²) in [6, 6.07) is 7.25. The number of thiazole rings is 1. The minimum Gasteiger partial charge on any atom is -0.368 e. The summed E-state index contributed by atoms with van der Waals surface area (Å²) in [7, 11) is 0. The maximum absolute atomic E-state index is 14.0. The number of aryl methyl sites for hydroxylation is 1. The van der Waals surface area contributed by atoms with Gasteiger partial charge >= 0.3 is 6.03 Å². The van der Waals surface area contributed by atoms with Gasteiger partial charge < -0.3 is 10.6 Å². The molecule has 1 aliphatic heterocycles. The Labute approximate surface area is 188 Å². The molecule has 2 atom stereocenters. The first-order valence-electron chi connectivity index (χ1n) is 10.2. The van der Waals surface area contributed by atoms with Crippen LogP contribution in [-0.2, 0) is 11.2 Å². The fourth-order valence-corrected chi connectivity index (χ4v) is 4.81. The monoisotopic (exact) mass is 454 g/mol. The van der Waals surface area contributed by atoms with E-state index >= 15 is 0 Å². The van der Waals surface area contributed by atoms with Crippen LogP contribution in [0.5, 0.6) is 0 Å². The lowest BCUT2D eigenvalue weighted by atomic mass is 10.0. The summed E-state index contributed by atoms with van der Waals surface area (Å²) in [5, 5.41) is 3.18. The third-order valence-corrected chi connectivity index (χ3v) is 6.60. The number of nitrogens with two attached hydrogens (primary N) is 1. The molecule has 0 saturated carbocycles. The molecule has 1 fully saturated rings. The maximum atomic E-state index is 14.0. The Morgan fingerprint density at radius 2 is 2.06 bits per heavy atom. The van der Waals surface area contributed by atoms with Gasteiger partial charge in [0.15, 0.2) is 5.13 Å². The molecule has 3 amide bonds. The van der Waals surface area contributed by atoms with Gasteiger partial charge in [0.1, 0.15) is 17.7 Å². The van der Waals surface area contributed by atoms with Gasteiger partial charge in [-0.05, 0) is 37.0 Å². The zero-order valence-electron chi connectivity index (χ0n) is 17.7. The molecule has 1 saturated heterocycles. The number of nitrogens with one attached hydrogen (secondary N) is 1. The van der Waals surface area contributed by atoms with E-state index in [0.29, 0.717) is 34.5 Å². The number of halogens is 1. The van der Waals surface area contributed by atoms with Crippen LogP contribution in [0.4, 0.5) is 14.3 Å². The van der Waals surface area contributed by atoms with E-state index in [1.807, 2.05) is 13.8 Å². The number of hydrogen-bond donors (Lipinski definition) is 2. The summed E-state index contributed by atoms with van der Waals surface area (Å²) in [6.07, 6.45) is 2.61. The van der Waals surface area contributed by atoms with Gasteiger partial charge in [0, 0.05) is 19.2 Å². The number of rotatable bonds is 5. The van der Waals surface area contributed by atoms with E-state index in [9.17, 15) is 14.0 Å². The van der Waals surface area contributed by atoms with Crippen LogP contribution in [0.3, 0.4) is 0 Å². The highest BCUT2D eigenvalue weighted by Gasteiger charge is 2.38. The van der Waals surface area contributed by atoms with Crippen LogP contribution in [0, 0.1) is 18.7 Å². The smallest absolute Gasteiger partial charge is 0.324 e. The molecule has 32 heavy (non-hydrogen) atoms. The van der Waals surface area contributed by atoms with Crippen molar-refractivity contribution in [3.8, 4) is 10.6 Å². The summed E-state index contributed by atoms with van der Waals surface area (Å²) >= 11 is 1.28. The molecule has 0 spiro atoms. The van der Waals surface area contributed by atoms with Crippen LogP contribution in [0.2, 0.25) is 0 Å². The number of nitrogens with zero attached hydrogens (tertiary/aromatic N) is 4. The number of urea groups is 1. The van der Waals surface area contributed by atoms with Gasteiger partial charge in [-0.2, -0.15) is 0 Å². The standard InChI is InChI=1S/C22H23FN6O2S/c1-12-8-10-29(18(12)20(24)30)22(31)28-21-26-13(2)19(32-21)16-7-9-25-17(27-16)11-14-5-3-4-6-15(14)23/h3-7,9,12,18H,8,10-11H2,1-2H3,(H2,24,30)(H,26,28,31)/t12-,18-/m0/s1. The lowest BCUT2D eigenvalue weighted by molar-refractivity contribution is -0.122. The predicted molar refractivity (Wildman–Crippen MR) is 120 cm³/mol. The van der Waals surface area contributed by atoms with Crippen molar-refractivity contribution >= 4 is 28.4 Å². The topological polar surface area (TPSA) is 114 Å². The second-order valence-electron chi connectivity index (χ2n) is 7.80. The molecule has 2 aromatic heterocycles. The Kier molecular flexibility index (Phi) is 6.13. The van der Waals surface area contributed by atoms with Gasteiger partial charge in [-0.15, -0.1) is 0 Å². The highest BCUT2D eigenvalue weighted by molar-refractivity contribution is 7.19. The lowest BCUT2D eigenvalue weighted by Crippen LogP contribution is -2.47. The zero-order chi connectivity index (χ0) is 22.8. The summed E-state index contributed by atoms with van der Waals surface area (Å²) in [5.74, 6) is -0.308. The summed E-state index contributed by atoms with van der Waals surface area (Å²) in [6.45, 7) is 4.19. The number of amides is 3. The molecule has 1 aromatic carbocycles. The van der Waals surface area contributed by atoms with E-state index in [1.165, 1.54) is 22.3 Å². The third kappa shape index (κ3) is 4.45. The third-order valence-electron chi connectivity index (χ3n) is 5.51. The van der Waals surface area contributed by atoms with Gasteiger partial charge in [0.05, 0.1) is 16.3 Å². The van der Waals surface area contributed by atoms with E-state index in [0.717, 1.165) is 11.3 Å². The number of anilines is 1. The van der Waals surface area contributed by atoms with Crippen molar-refractivity contribution in [2.75, 3.05) is 11.9 Å². The number of carbonyl (C=O) groups excluding carboxylic acids is 2. The SMILES string of the molecule is Cc1nc(NC(=O)N2CC[C@H](C)[C@H]2C(N)=O)sc1-c1ccnc(Cc2ccccc2F)n1. The van der Waals surface area contributed by atoms with Crippen molar-refractivity contribution in [1.82, 2.24) is 19.9 Å². The fourth-order valence-electron chi connectivity index (χ4n) is 3.88. The second-order valence-corrected chi connectivity index (χ2v) is 8.80. The first-order valence-corrected chi connectivity index (χ1v) is 11.0. The molecule has 0 bridgehead atoms. The van der Waals surface area contributed by atoms with Crippen molar-refractivity contribution in [3.05, 3.63) is 59.4 Å². The number of aromatic nitrogens is 3. The molecule has 0 aliphatic carbocycles. The first kappa shape index (κ1) is 21.8. The highest BCUT2D eigenvalue weighted by Crippen LogP contribution is 2.32. The molecule has 10 heteroatoms. The normalized spacial score (nSPS) is 18.0. The van der Waals surface area contributed by atoms with E-state index in [2.05, 4.69) is 20.3 Å². The van der Waals surface area contributed by atoms with E-state index in [1.54, 1.807) is 30.5 Å². The molecule has 0 unspecified atom stereocenters. The average molecular weight is 455 g/mol. The van der Waals surface area contributed by atoms with E-state index < -0.39 is 18.0 Å². The van der Waals surface area contributed by atoms with Crippen molar-refractivity contribution in [1.29, 1.82) is 0 Å². The number of primary amides is 1. The van der Waals surface area contributed by atoms with Crippen molar-refractivity contribution in [2.24, 2.45) is 11.7 Å². The molecule has 3 heterocycles. The molecule has 1 aliphatic rings. The van der Waals surface area contributed by atoms with Gasteiger partial charge in [-0.25, -0.2) is 24.1 Å². The number of likely N-dealkylation sites (tertiary alicyclic amines) is 1. The lowest BCUT2D eigenvalue weighted by Gasteiger charge is -2.23. The van der Waals surface area contributed by atoms with Crippen molar-refractivity contribution in [3.63, 3.8) is 0 Å². The summed E-state index contributed by atoms with van der Waals surface area (Å²) in [5.41, 5.74) is 7.34. The zero-order valence-corrected chi connectivity index (χ0v) is 18.5. The quantitative estimate of drug-likeness (QED) is 0.614. The van der Waals surface area contributed by atoms with Crippen LogP contribution < -0.4 is 11.1 Å². The number of carbonyl (C=O) groups is 2. The van der Waals surface area contributed by atoms with Gasteiger partial charge in [-0.1, -0.05) is 36.5 Å². The van der Waals surface area contributed by atoms with Crippen LogP contribution in [0.1, 0.15) is 30.4 Å². The Morgan fingerprint density at radius 3 is 2.81 bits per heavy atom. The van der Waals surface area contributed by atoms with Crippen LogP contribution in [0.15, 0.2) is 36.5 Å². The summed E-state index contributed by atoms with van der Waals surface area (Å²) in [4.78, 5) is 40.0. The van der Waals surface area contributed by atoms with Gasteiger partial charge in [-0.3, -0.25) is 10.1 Å². The molecule has 8 nitrogen and oxygen atoms in total. The van der Waals surface area contributed by atoms with Gasteiger partial charge in [0.25, 0.3) is 0 Å². The fraction of sp³-hybridized carbons (Fsp3) is 0.318. The Bertz CT molecular complexity index is 1170. The molecule has 0 radical (unpaired) electrons.